The Morgan fingerprint density at radius 2 is 1.37 bits per heavy atom. The molecule has 7 heteroatoms. The Kier molecular flexibility index (Phi) is 4.00. The minimum atomic E-state index is 0.769. The second kappa shape index (κ2) is 6.29. The van der Waals surface area contributed by atoms with Crippen LogP contribution in [-0.4, -0.2) is 18.5 Å². The topological polar surface area (TPSA) is 35.6 Å². The Morgan fingerprint density at radius 3 is 2.00 bits per heavy atom. The molecule has 0 fully saturated rings. The quantitative estimate of drug-likeness (QED) is 0.281. The molecule has 0 aliphatic rings. The highest BCUT2D eigenvalue weighted by molar-refractivity contribution is 9.10. The third-order valence-corrected chi connectivity index (χ3v) is 6.54. The fourth-order valence-electron chi connectivity index (χ4n) is 3.52. The minimum absolute atomic E-state index is 0.769. The first-order valence-corrected chi connectivity index (χ1v) is 10.7. The van der Waals surface area contributed by atoms with Crippen LogP contribution in [0.15, 0.2) is 57.7 Å². The van der Waals surface area contributed by atoms with E-state index in [1.54, 1.807) is 0 Å². The molecule has 0 spiro atoms. The van der Waals surface area contributed by atoms with E-state index < -0.39 is 0 Å². The molecule has 27 heavy (non-hydrogen) atoms. The second-order valence-corrected chi connectivity index (χ2v) is 9.14. The van der Waals surface area contributed by atoms with Crippen LogP contribution in [0.4, 0.5) is 0 Å². The molecule has 0 atom stereocenters. The highest BCUT2D eigenvalue weighted by Gasteiger charge is 2.17. The van der Waals surface area contributed by atoms with Crippen molar-refractivity contribution < 1.29 is 0 Å². The van der Waals surface area contributed by atoms with Crippen molar-refractivity contribution in [2.24, 2.45) is 14.1 Å². The zero-order valence-corrected chi connectivity index (χ0v) is 18.6. The molecular formula is C20H14Br2N4S. The zero-order valence-electron chi connectivity index (χ0n) is 14.6. The van der Waals surface area contributed by atoms with Crippen molar-refractivity contribution in [1.29, 1.82) is 0 Å². The molecule has 4 nitrogen and oxygen atoms in total. The van der Waals surface area contributed by atoms with Crippen molar-refractivity contribution in [3.63, 3.8) is 0 Å². The third kappa shape index (κ3) is 2.76. The van der Waals surface area contributed by atoms with Gasteiger partial charge in [-0.15, -0.1) is 0 Å². The van der Waals surface area contributed by atoms with E-state index in [1.165, 1.54) is 28.0 Å². The van der Waals surface area contributed by atoms with E-state index in [0.717, 1.165) is 36.3 Å². The van der Waals surface area contributed by atoms with Gasteiger partial charge in [-0.05, 0) is 47.9 Å². The molecule has 5 rings (SSSR count). The molecule has 2 aromatic carbocycles. The van der Waals surface area contributed by atoms with E-state index in [4.69, 9.17) is 4.98 Å². The summed E-state index contributed by atoms with van der Waals surface area (Å²) in [6, 6.07) is 12.6. The summed E-state index contributed by atoms with van der Waals surface area (Å²) in [7, 11) is 4.11. The predicted molar refractivity (Wildman–Crippen MR) is 119 cm³/mol. The molecule has 0 amide bonds. The van der Waals surface area contributed by atoms with Gasteiger partial charge in [-0.2, -0.15) is 4.37 Å². The molecule has 0 aliphatic carbocycles. The summed E-state index contributed by atoms with van der Waals surface area (Å²) in [5.74, 6) is 0.769. The molecular weight excluding hydrogens is 488 g/mol. The number of fused-ring (bicyclic) bond motifs is 2. The Morgan fingerprint density at radius 1 is 0.815 bits per heavy atom. The average Bonchev–Trinajstić information content (AvgIpc) is 3.32. The predicted octanol–water partition coefficient (Wildman–Crippen LogP) is 6.38. The van der Waals surface area contributed by atoms with Crippen LogP contribution in [-0.2, 0) is 14.1 Å². The van der Waals surface area contributed by atoms with E-state index in [0.29, 0.717) is 0 Å². The highest BCUT2D eigenvalue weighted by Crippen LogP contribution is 2.36. The first-order chi connectivity index (χ1) is 13.0. The van der Waals surface area contributed by atoms with Crippen LogP contribution in [0, 0.1) is 0 Å². The highest BCUT2D eigenvalue weighted by atomic mass is 79.9. The van der Waals surface area contributed by atoms with E-state index in [-0.39, 0.29) is 0 Å². The molecule has 0 unspecified atom stereocenters. The largest absolute Gasteiger partial charge is 0.350 e. The zero-order chi connectivity index (χ0) is 18.7. The van der Waals surface area contributed by atoms with Gasteiger partial charge in [0.25, 0.3) is 0 Å². The summed E-state index contributed by atoms with van der Waals surface area (Å²) in [5.41, 5.74) is 4.51. The monoisotopic (exact) mass is 500 g/mol. The van der Waals surface area contributed by atoms with Crippen molar-refractivity contribution in [2.75, 3.05) is 0 Å². The van der Waals surface area contributed by atoms with Gasteiger partial charge in [0.1, 0.15) is 5.01 Å². The second-order valence-electron chi connectivity index (χ2n) is 6.55. The van der Waals surface area contributed by atoms with Crippen molar-refractivity contribution in [3.05, 3.63) is 57.7 Å². The van der Waals surface area contributed by atoms with Crippen LogP contribution in [0.3, 0.4) is 0 Å². The summed E-state index contributed by atoms with van der Waals surface area (Å²) in [6.07, 6.45) is 4.23. The normalized spacial score (nSPS) is 11.7. The lowest BCUT2D eigenvalue weighted by Crippen LogP contribution is -1.82. The van der Waals surface area contributed by atoms with Crippen LogP contribution in [0.25, 0.3) is 43.8 Å². The number of rotatable bonds is 2. The van der Waals surface area contributed by atoms with Gasteiger partial charge in [0.2, 0.25) is 0 Å². The van der Waals surface area contributed by atoms with Crippen molar-refractivity contribution in [3.8, 4) is 22.0 Å². The molecule has 0 saturated carbocycles. The van der Waals surface area contributed by atoms with Gasteiger partial charge in [-0.1, -0.05) is 31.9 Å². The van der Waals surface area contributed by atoms with Crippen LogP contribution >= 0.6 is 43.4 Å². The number of benzene rings is 2. The smallest absolute Gasteiger partial charge is 0.175 e. The Hall–Kier alpha value is -1.96. The fourth-order valence-corrected chi connectivity index (χ4v) is 4.94. The lowest BCUT2D eigenvalue weighted by Gasteiger charge is -1.97. The standard InChI is InChI=1S/C20H14Br2N4S/c1-25-9-15(13-7-11(21)3-5-17(13)25)19-23-20(27-24-19)16-10-26(2)18-6-4-12(22)8-14(16)18/h3-10H,1-2H3. The maximum Gasteiger partial charge on any atom is 0.175 e. The van der Waals surface area contributed by atoms with Gasteiger partial charge in [0.15, 0.2) is 5.82 Å². The van der Waals surface area contributed by atoms with E-state index >= 15 is 0 Å². The molecule has 3 heterocycles. The van der Waals surface area contributed by atoms with Crippen LogP contribution in [0.2, 0.25) is 0 Å². The Balaban J connectivity index is 1.68. The maximum absolute atomic E-state index is 4.89. The van der Waals surface area contributed by atoms with Gasteiger partial charge >= 0.3 is 0 Å². The molecule has 0 N–H and O–H groups in total. The third-order valence-electron chi connectivity index (χ3n) is 4.80. The van der Waals surface area contributed by atoms with Gasteiger partial charge < -0.3 is 9.13 Å². The summed E-state index contributed by atoms with van der Waals surface area (Å²) < 4.78 is 11.0. The van der Waals surface area contributed by atoms with Crippen LogP contribution in [0.1, 0.15) is 0 Å². The van der Waals surface area contributed by atoms with Gasteiger partial charge in [0, 0.05) is 68.4 Å². The first-order valence-electron chi connectivity index (χ1n) is 8.35. The van der Waals surface area contributed by atoms with E-state index in [2.05, 4.69) is 108 Å². The molecule has 134 valence electrons. The summed E-state index contributed by atoms with van der Waals surface area (Å²) >= 11 is 8.59. The number of nitrogens with zero attached hydrogens (tertiary/aromatic N) is 4. The number of aromatic nitrogens is 4. The lowest BCUT2D eigenvalue weighted by atomic mass is 10.1. The SMILES string of the molecule is Cn1cc(-c2nsc(-c3cn(C)c4ccc(Br)cc34)n2)c2cc(Br)ccc21. The molecule has 0 bridgehead atoms. The Labute approximate surface area is 176 Å². The van der Waals surface area contributed by atoms with Gasteiger partial charge in [-0.25, -0.2) is 4.98 Å². The minimum Gasteiger partial charge on any atom is -0.350 e. The van der Waals surface area contributed by atoms with Crippen LogP contribution < -0.4 is 0 Å². The number of hydrogen-bond donors (Lipinski definition) is 0. The maximum atomic E-state index is 4.89. The molecule has 0 aliphatic heterocycles. The van der Waals surface area contributed by atoms with E-state index in [1.807, 2.05) is 0 Å². The molecule has 5 aromatic rings. The summed E-state index contributed by atoms with van der Waals surface area (Å²) in [5, 5.41) is 3.26. The molecule has 0 saturated heterocycles. The number of aryl methyl sites for hydroxylation is 2. The number of halogens is 2. The van der Waals surface area contributed by atoms with Gasteiger partial charge in [-0.3, -0.25) is 0 Å². The fraction of sp³-hybridized carbons (Fsp3) is 0.100. The van der Waals surface area contributed by atoms with Crippen molar-refractivity contribution in [2.45, 2.75) is 0 Å². The average molecular weight is 502 g/mol. The van der Waals surface area contributed by atoms with E-state index in [9.17, 15) is 0 Å². The molecule has 3 aromatic heterocycles. The summed E-state index contributed by atoms with van der Waals surface area (Å²) in [6.45, 7) is 0. The first kappa shape index (κ1) is 17.2. The van der Waals surface area contributed by atoms with Gasteiger partial charge in [0.05, 0.1) is 0 Å². The number of hydrogen-bond acceptors (Lipinski definition) is 3. The van der Waals surface area contributed by atoms with Crippen molar-refractivity contribution >= 4 is 65.2 Å². The van der Waals surface area contributed by atoms with Crippen LogP contribution in [0.5, 0.6) is 0 Å². The summed E-state index contributed by atoms with van der Waals surface area (Å²) in [4.78, 5) is 4.89. The van der Waals surface area contributed by atoms with Crippen molar-refractivity contribution in [1.82, 2.24) is 18.5 Å². The lowest BCUT2D eigenvalue weighted by molar-refractivity contribution is 0.968. The Bertz CT molecular complexity index is 1230. The molecule has 0 radical (unpaired) electrons.